The van der Waals surface area contributed by atoms with Crippen molar-refractivity contribution in [3.05, 3.63) is 71.4 Å². The van der Waals surface area contributed by atoms with E-state index in [0.29, 0.717) is 39.2 Å². The Kier molecular flexibility index (Phi) is 4.49. The molecule has 0 fully saturated rings. The number of methoxy groups -OCH3 is 1. The molecule has 162 valence electrons. The number of nitrogens with one attached hydrogen (secondary N) is 1. The van der Waals surface area contributed by atoms with E-state index in [2.05, 4.69) is 26.3 Å². The van der Waals surface area contributed by atoms with Crippen molar-refractivity contribution in [3.63, 3.8) is 0 Å². The van der Waals surface area contributed by atoms with Gasteiger partial charge in [-0.25, -0.2) is 9.97 Å². The molecule has 4 aromatic rings. The predicted octanol–water partition coefficient (Wildman–Crippen LogP) is 4.88. The molecule has 0 saturated carbocycles. The van der Waals surface area contributed by atoms with Crippen molar-refractivity contribution < 1.29 is 22.7 Å². The lowest BCUT2D eigenvalue weighted by atomic mass is 10.0. The first-order chi connectivity index (χ1) is 15.8. The molecule has 1 aliphatic carbocycles. The second-order valence-corrected chi connectivity index (χ2v) is 7.21. The zero-order chi connectivity index (χ0) is 23.3. The SMILES string of the molecule is COc1ccc(Nc2ccc3ncc4c(c3c2)-c2cnc(C(F)(F)F)nc2C4=O)c(C#N)c1. The topological polar surface area (TPSA) is 101 Å². The van der Waals surface area contributed by atoms with Crippen molar-refractivity contribution >= 4 is 28.1 Å². The molecular weight excluding hydrogens is 435 g/mol. The van der Waals surface area contributed by atoms with Gasteiger partial charge in [0.25, 0.3) is 0 Å². The van der Waals surface area contributed by atoms with Crippen LogP contribution in [0.4, 0.5) is 24.5 Å². The molecule has 0 amide bonds. The van der Waals surface area contributed by atoms with E-state index in [1.165, 1.54) is 13.3 Å². The van der Waals surface area contributed by atoms with Gasteiger partial charge in [-0.3, -0.25) is 9.78 Å². The zero-order valence-electron chi connectivity index (χ0n) is 16.9. The molecule has 0 atom stereocenters. The first-order valence-corrected chi connectivity index (χ1v) is 9.57. The summed E-state index contributed by atoms with van der Waals surface area (Å²) < 4.78 is 44.3. The highest BCUT2D eigenvalue weighted by molar-refractivity contribution is 6.24. The molecule has 1 N–H and O–H groups in total. The third-order valence-electron chi connectivity index (χ3n) is 5.27. The highest BCUT2D eigenvalue weighted by Gasteiger charge is 2.38. The van der Waals surface area contributed by atoms with Gasteiger partial charge >= 0.3 is 6.18 Å². The highest BCUT2D eigenvalue weighted by Crippen LogP contribution is 2.41. The van der Waals surface area contributed by atoms with Crippen molar-refractivity contribution in [3.8, 4) is 22.9 Å². The number of halogens is 3. The number of alkyl halides is 3. The molecule has 2 aromatic carbocycles. The van der Waals surface area contributed by atoms with Gasteiger partial charge in [0.2, 0.25) is 11.6 Å². The van der Waals surface area contributed by atoms with Crippen LogP contribution in [-0.2, 0) is 6.18 Å². The summed E-state index contributed by atoms with van der Waals surface area (Å²) >= 11 is 0. The number of fused-ring (bicyclic) bond motifs is 5. The molecule has 0 radical (unpaired) electrons. The fourth-order valence-electron chi connectivity index (χ4n) is 3.74. The minimum Gasteiger partial charge on any atom is -0.497 e. The van der Waals surface area contributed by atoms with Crippen molar-refractivity contribution in [2.75, 3.05) is 12.4 Å². The quantitative estimate of drug-likeness (QED) is 0.421. The monoisotopic (exact) mass is 447 g/mol. The van der Waals surface area contributed by atoms with Gasteiger partial charge < -0.3 is 10.1 Å². The van der Waals surface area contributed by atoms with Crippen LogP contribution in [-0.4, -0.2) is 27.8 Å². The van der Waals surface area contributed by atoms with Gasteiger partial charge in [-0.2, -0.15) is 18.4 Å². The summed E-state index contributed by atoms with van der Waals surface area (Å²) in [4.78, 5) is 23.9. The molecule has 33 heavy (non-hydrogen) atoms. The van der Waals surface area contributed by atoms with Crippen LogP contribution in [0.1, 0.15) is 27.4 Å². The van der Waals surface area contributed by atoms with E-state index >= 15 is 0 Å². The Morgan fingerprint density at radius 2 is 1.85 bits per heavy atom. The van der Waals surface area contributed by atoms with Crippen molar-refractivity contribution in [1.82, 2.24) is 15.0 Å². The number of carbonyl (C=O) groups excluding carboxylic acids is 1. The van der Waals surface area contributed by atoms with E-state index in [4.69, 9.17) is 4.74 Å². The standard InChI is InChI=1S/C23H12F3N5O2/c1-33-13-3-5-17(11(6-13)8-27)30-12-2-4-18-14(7-12)19-15-9-29-22(23(24,25)26)31-20(15)21(32)16(19)10-28-18/h2-7,9-10,30H,1H3. The maximum atomic E-state index is 13.0. The summed E-state index contributed by atoms with van der Waals surface area (Å²) in [5.74, 6) is -1.47. The number of anilines is 2. The second-order valence-electron chi connectivity index (χ2n) is 7.21. The normalized spacial score (nSPS) is 12.3. The molecule has 1 aliphatic rings. The van der Waals surface area contributed by atoms with E-state index in [0.717, 1.165) is 6.20 Å². The maximum absolute atomic E-state index is 13.0. The van der Waals surface area contributed by atoms with Crippen LogP contribution in [0.25, 0.3) is 22.0 Å². The fraction of sp³-hybridized carbons (Fsp3) is 0.0870. The third kappa shape index (κ3) is 3.30. The first kappa shape index (κ1) is 20.4. The van der Waals surface area contributed by atoms with Crippen LogP contribution in [0, 0.1) is 11.3 Å². The Hall–Kier alpha value is -4.52. The maximum Gasteiger partial charge on any atom is 0.451 e. The van der Waals surface area contributed by atoms with E-state index in [1.807, 2.05) is 0 Å². The number of pyridine rings is 1. The van der Waals surface area contributed by atoms with Gasteiger partial charge in [-0.15, -0.1) is 0 Å². The molecule has 0 spiro atoms. The van der Waals surface area contributed by atoms with Gasteiger partial charge in [0.1, 0.15) is 17.5 Å². The average Bonchev–Trinajstić information content (AvgIpc) is 3.10. The molecule has 0 unspecified atom stereocenters. The van der Waals surface area contributed by atoms with Crippen LogP contribution in [0.5, 0.6) is 5.75 Å². The van der Waals surface area contributed by atoms with E-state index < -0.39 is 17.8 Å². The molecule has 0 aliphatic heterocycles. The number of ether oxygens (including phenoxy) is 1. The van der Waals surface area contributed by atoms with E-state index in [9.17, 15) is 23.2 Å². The molecule has 0 bridgehead atoms. The fourth-order valence-corrected chi connectivity index (χ4v) is 3.74. The van der Waals surface area contributed by atoms with Crippen LogP contribution in [0.2, 0.25) is 0 Å². The number of ketones is 1. The summed E-state index contributed by atoms with van der Waals surface area (Å²) in [6, 6.07) is 12.3. The lowest BCUT2D eigenvalue weighted by Gasteiger charge is -2.12. The molecular formula is C23H12F3N5O2. The van der Waals surface area contributed by atoms with Crippen LogP contribution in [0.15, 0.2) is 48.8 Å². The minimum atomic E-state index is -4.77. The Morgan fingerprint density at radius 1 is 1.06 bits per heavy atom. The third-order valence-corrected chi connectivity index (χ3v) is 5.27. The zero-order valence-corrected chi connectivity index (χ0v) is 16.9. The summed E-state index contributed by atoms with van der Waals surface area (Å²) in [6.07, 6.45) is -2.41. The van der Waals surface area contributed by atoms with Crippen LogP contribution in [0.3, 0.4) is 0 Å². The number of carbonyl (C=O) groups is 1. The number of nitriles is 1. The van der Waals surface area contributed by atoms with E-state index in [-0.39, 0.29) is 16.8 Å². The van der Waals surface area contributed by atoms with Crippen molar-refractivity contribution in [1.29, 1.82) is 5.26 Å². The summed E-state index contributed by atoms with van der Waals surface area (Å²) in [5, 5.41) is 13.1. The van der Waals surface area contributed by atoms with E-state index in [1.54, 1.807) is 36.4 Å². The number of aromatic nitrogens is 3. The van der Waals surface area contributed by atoms with Gasteiger partial charge in [0.15, 0.2) is 0 Å². The number of rotatable bonds is 3. The van der Waals surface area contributed by atoms with Crippen molar-refractivity contribution in [2.24, 2.45) is 0 Å². The number of nitrogens with zero attached hydrogens (tertiary/aromatic N) is 4. The molecule has 2 aromatic heterocycles. The molecule has 7 nitrogen and oxygen atoms in total. The first-order valence-electron chi connectivity index (χ1n) is 9.57. The lowest BCUT2D eigenvalue weighted by Crippen LogP contribution is -2.13. The lowest BCUT2D eigenvalue weighted by molar-refractivity contribution is -0.145. The highest BCUT2D eigenvalue weighted by atomic mass is 19.4. The Morgan fingerprint density at radius 3 is 2.58 bits per heavy atom. The minimum absolute atomic E-state index is 0.158. The van der Waals surface area contributed by atoms with Gasteiger partial charge in [-0.05, 0) is 36.4 Å². The molecule has 2 heterocycles. The number of hydrogen-bond donors (Lipinski definition) is 1. The number of hydrogen-bond acceptors (Lipinski definition) is 7. The molecule has 10 heteroatoms. The number of benzene rings is 2. The van der Waals surface area contributed by atoms with Crippen LogP contribution >= 0.6 is 0 Å². The summed E-state index contributed by atoms with van der Waals surface area (Å²) in [6.45, 7) is 0. The van der Waals surface area contributed by atoms with Crippen LogP contribution < -0.4 is 10.1 Å². The molecule has 0 saturated heterocycles. The van der Waals surface area contributed by atoms with Crippen molar-refractivity contribution in [2.45, 2.75) is 6.18 Å². The molecule has 5 rings (SSSR count). The summed E-state index contributed by atoms with van der Waals surface area (Å²) in [7, 11) is 1.50. The Labute approximate surface area is 184 Å². The van der Waals surface area contributed by atoms with Gasteiger partial charge in [0, 0.05) is 34.6 Å². The smallest absolute Gasteiger partial charge is 0.451 e. The van der Waals surface area contributed by atoms with Gasteiger partial charge in [-0.1, -0.05) is 0 Å². The Bertz CT molecular complexity index is 1510. The second kappa shape index (κ2) is 7.27. The Balaban J connectivity index is 1.63. The summed E-state index contributed by atoms with van der Waals surface area (Å²) in [5.41, 5.74) is 2.52. The van der Waals surface area contributed by atoms with Gasteiger partial charge in [0.05, 0.1) is 29.4 Å². The average molecular weight is 447 g/mol. The predicted molar refractivity (Wildman–Crippen MR) is 112 cm³/mol. The largest absolute Gasteiger partial charge is 0.497 e.